The van der Waals surface area contributed by atoms with Gasteiger partial charge in [0.1, 0.15) is 12.6 Å². The Kier molecular flexibility index (Phi) is 5.88. The van der Waals surface area contributed by atoms with Gasteiger partial charge in [-0.25, -0.2) is 0 Å². The average Bonchev–Trinajstić information content (AvgIpc) is 2.56. The highest BCUT2D eigenvalue weighted by Crippen LogP contribution is 2.21. The summed E-state index contributed by atoms with van der Waals surface area (Å²) in [4.78, 5) is 2.21. The van der Waals surface area contributed by atoms with Crippen molar-refractivity contribution in [1.29, 1.82) is 0 Å². The average molecular weight is 325 g/mol. The number of halogens is 4. The zero-order valence-electron chi connectivity index (χ0n) is 11.8. The minimum Gasteiger partial charge on any atom is -0.618 e. The molecular formula is C11H16BF4N3OS. The van der Waals surface area contributed by atoms with Crippen LogP contribution in [0.5, 0.6) is 0 Å². The van der Waals surface area contributed by atoms with Gasteiger partial charge in [-0.3, -0.25) is 9.48 Å². The van der Waals surface area contributed by atoms with Gasteiger partial charge in [0.15, 0.2) is 6.20 Å². The van der Waals surface area contributed by atoms with E-state index in [0.29, 0.717) is 11.1 Å². The van der Waals surface area contributed by atoms with Crippen molar-refractivity contribution >= 4 is 24.2 Å². The second-order valence-electron chi connectivity index (χ2n) is 4.58. The second-order valence-corrected chi connectivity index (χ2v) is 5.57. The van der Waals surface area contributed by atoms with Gasteiger partial charge in [0.25, 0.3) is 5.03 Å². The lowest BCUT2D eigenvalue weighted by Gasteiger charge is -2.10. The van der Waals surface area contributed by atoms with Crippen LogP contribution in [0.15, 0.2) is 29.4 Å². The molecule has 1 atom stereocenters. The first-order chi connectivity index (χ1) is 9.59. The molecule has 0 saturated carbocycles. The Labute approximate surface area is 124 Å². The first-order valence-corrected chi connectivity index (χ1v) is 6.95. The zero-order valence-corrected chi connectivity index (χ0v) is 12.7. The summed E-state index contributed by atoms with van der Waals surface area (Å²) in [5.41, 5.74) is 0. The SMILES string of the molecule is CC1C[N+](C)=C(Sc2cccc[n+]2[O-])N1C.F[B-](F)(F)F. The highest BCUT2D eigenvalue weighted by atomic mass is 32.2. The third-order valence-electron chi connectivity index (χ3n) is 2.81. The van der Waals surface area contributed by atoms with Crippen molar-refractivity contribution in [3.8, 4) is 0 Å². The van der Waals surface area contributed by atoms with E-state index < -0.39 is 7.25 Å². The van der Waals surface area contributed by atoms with Gasteiger partial charge < -0.3 is 22.5 Å². The molecule has 1 aromatic rings. The molecular weight excluding hydrogens is 309 g/mol. The number of hydrogen-bond donors (Lipinski definition) is 0. The Morgan fingerprint density at radius 1 is 1.33 bits per heavy atom. The van der Waals surface area contributed by atoms with Crippen molar-refractivity contribution in [3.05, 3.63) is 29.6 Å². The Bertz CT molecular complexity index is 520. The number of pyridine rings is 1. The molecule has 0 spiro atoms. The van der Waals surface area contributed by atoms with E-state index in [9.17, 15) is 22.5 Å². The van der Waals surface area contributed by atoms with Gasteiger partial charge in [0.2, 0.25) is 0 Å². The number of hydrogen-bond acceptors (Lipinski definition) is 3. The number of nitrogens with zero attached hydrogens (tertiary/aromatic N) is 3. The Balaban J connectivity index is 0.000000383. The highest BCUT2D eigenvalue weighted by molar-refractivity contribution is 8.13. The molecule has 0 N–H and O–H groups in total. The van der Waals surface area contributed by atoms with Crippen molar-refractivity contribution in [3.63, 3.8) is 0 Å². The maximum Gasteiger partial charge on any atom is 0.673 e. The lowest BCUT2D eigenvalue weighted by molar-refractivity contribution is -0.645. The first-order valence-electron chi connectivity index (χ1n) is 6.14. The first kappa shape index (κ1) is 17.6. The summed E-state index contributed by atoms with van der Waals surface area (Å²) in [6, 6.07) is 5.97. The van der Waals surface area contributed by atoms with Crippen molar-refractivity contribution in [2.75, 3.05) is 20.6 Å². The molecule has 4 nitrogen and oxygen atoms in total. The molecule has 0 bridgehead atoms. The van der Waals surface area contributed by atoms with Gasteiger partial charge in [-0.1, -0.05) is 0 Å². The number of likely N-dealkylation sites (N-methyl/N-ethyl adjacent to an activating group) is 2. The third kappa shape index (κ3) is 5.82. The largest absolute Gasteiger partial charge is 0.673 e. The van der Waals surface area contributed by atoms with E-state index in [4.69, 9.17) is 0 Å². The summed E-state index contributed by atoms with van der Waals surface area (Å²) in [5.74, 6) is 0. The van der Waals surface area contributed by atoms with Crippen molar-refractivity contribution in [2.24, 2.45) is 0 Å². The Hall–Kier alpha value is -1.45. The molecule has 118 valence electrons. The summed E-state index contributed by atoms with van der Waals surface area (Å²) in [5, 5.41) is 13.4. The van der Waals surface area contributed by atoms with Crippen LogP contribution in [0.1, 0.15) is 6.92 Å². The van der Waals surface area contributed by atoms with Crippen LogP contribution >= 0.6 is 11.8 Å². The molecule has 0 aliphatic carbocycles. The van der Waals surface area contributed by atoms with E-state index >= 15 is 0 Å². The molecule has 1 aliphatic rings. The number of thioether (sulfide) groups is 1. The van der Waals surface area contributed by atoms with E-state index in [-0.39, 0.29) is 0 Å². The maximum absolute atomic E-state index is 11.5. The van der Waals surface area contributed by atoms with Gasteiger partial charge in [0, 0.05) is 12.1 Å². The standard InChI is InChI=1S/C11H16N3OS.BF4/c1-9-8-12(2)11(13(9)3)16-10-6-4-5-7-14(10)15;2-1(3,4)5/h4-7,9H,8H2,1-3H3;/q+1;-1. The number of amidine groups is 1. The van der Waals surface area contributed by atoms with E-state index in [2.05, 4.69) is 30.5 Å². The predicted octanol–water partition coefficient (Wildman–Crippen LogP) is 2.04. The van der Waals surface area contributed by atoms with Crippen LogP contribution < -0.4 is 4.73 Å². The summed E-state index contributed by atoms with van der Waals surface area (Å²) in [6.45, 7) is 3.19. The smallest absolute Gasteiger partial charge is 0.618 e. The van der Waals surface area contributed by atoms with Crippen molar-refractivity contribution in [2.45, 2.75) is 18.0 Å². The van der Waals surface area contributed by atoms with Crippen LogP contribution in [0, 0.1) is 5.21 Å². The molecule has 2 rings (SSSR count). The van der Waals surface area contributed by atoms with Gasteiger partial charge in [-0.2, -0.15) is 4.73 Å². The molecule has 10 heteroatoms. The minimum atomic E-state index is -6.00. The number of aromatic nitrogens is 1. The zero-order chi connectivity index (χ0) is 16.2. The summed E-state index contributed by atoms with van der Waals surface area (Å²) in [7, 11) is -1.88. The lowest BCUT2D eigenvalue weighted by Crippen LogP contribution is -2.32. The quantitative estimate of drug-likeness (QED) is 0.343. The third-order valence-corrected chi connectivity index (χ3v) is 4.12. The van der Waals surface area contributed by atoms with Crippen molar-refractivity contribution < 1.29 is 26.6 Å². The fourth-order valence-corrected chi connectivity index (χ4v) is 2.83. The molecule has 0 amide bonds. The van der Waals surface area contributed by atoms with Crippen LogP contribution in [0.2, 0.25) is 0 Å². The highest BCUT2D eigenvalue weighted by Gasteiger charge is 2.34. The summed E-state index contributed by atoms with van der Waals surface area (Å²) < 4.78 is 42.1. The van der Waals surface area contributed by atoms with E-state index in [1.807, 2.05) is 12.1 Å². The minimum absolute atomic E-state index is 0.497. The van der Waals surface area contributed by atoms with Gasteiger partial charge in [-0.15, -0.1) is 0 Å². The Morgan fingerprint density at radius 3 is 2.33 bits per heavy atom. The van der Waals surface area contributed by atoms with Gasteiger partial charge >= 0.3 is 12.4 Å². The van der Waals surface area contributed by atoms with E-state index in [0.717, 1.165) is 16.4 Å². The fourth-order valence-electron chi connectivity index (χ4n) is 1.79. The normalized spacial score (nSPS) is 18.6. The Morgan fingerprint density at radius 2 is 1.90 bits per heavy atom. The second kappa shape index (κ2) is 7.01. The van der Waals surface area contributed by atoms with Crippen LogP contribution in [0.25, 0.3) is 0 Å². The van der Waals surface area contributed by atoms with E-state index in [1.165, 1.54) is 18.0 Å². The molecule has 0 aromatic carbocycles. The summed E-state index contributed by atoms with van der Waals surface area (Å²) in [6.07, 6.45) is 1.53. The molecule has 21 heavy (non-hydrogen) atoms. The van der Waals surface area contributed by atoms with Gasteiger partial charge in [-0.05, 0) is 13.0 Å². The molecule has 0 fully saturated rings. The molecule has 1 unspecified atom stereocenters. The summed E-state index contributed by atoms with van der Waals surface area (Å²) >= 11 is 1.52. The maximum atomic E-state index is 11.5. The molecule has 0 saturated heterocycles. The molecule has 2 heterocycles. The molecule has 0 radical (unpaired) electrons. The monoisotopic (exact) mass is 325 g/mol. The topological polar surface area (TPSA) is 33.2 Å². The lowest BCUT2D eigenvalue weighted by atomic mass is 10.3. The molecule has 1 aromatic heterocycles. The fraction of sp³-hybridized carbons (Fsp3) is 0.455. The van der Waals surface area contributed by atoms with E-state index in [1.54, 1.807) is 6.07 Å². The number of rotatable bonds is 1. The molecule has 1 aliphatic heterocycles. The van der Waals surface area contributed by atoms with Crippen LogP contribution in [0.3, 0.4) is 0 Å². The van der Waals surface area contributed by atoms with Crippen molar-refractivity contribution in [1.82, 2.24) is 4.90 Å². The van der Waals surface area contributed by atoms with Gasteiger partial charge in [0.05, 0.1) is 25.9 Å². The predicted molar refractivity (Wildman–Crippen MR) is 74.7 cm³/mol. The van der Waals surface area contributed by atoms with Crippen LogP contribution in [-0.2, 0) is 0 Å². The van der Waals surface area contributed by atoms with Crippen LogP contribution in [0.4, 0.5) is 17.3 Å². The van der Waals surface area contributed by atoms with Crippen LogP contribution in [-0.4, -0.2) is 48.6 Å².